The van der Waals surface area contributed by atoms with Crippen molar-refractivity contribution in [2.24, 2.45) is 0 Å². The van der Waals surface area contributed by atoms with E-state index in [0.29, 0.717) is 11.7 Å². The van der Waals surface area contributed by atoms with Gasteiger partial charge in [-0.05, 0) is 30.0 Å². The Balaban J connectivity index is 1.66. The Bertz CT molecular complexity index is 1010. The van der Waals surface area contributed by atoms with Crippen molar-refractivity contribution < 1.29 is 9.53 Å². The van der Waals surface area contributed by atoms with Crippen molar-refractivity contribution in [3.63, 3.8) is 0 Å². The molecule has 0 atom stereocenters. The summed E-state index contributed by atoms with van der Waals surface area (Å²) in [6.07, 6.45) is 3.72. The number of benzene rings is 1. The molecule has 0 saturated heterocycles. The maximum absolute atomic E-state index is 11.3. The van der Waals surface area contributed by atoms with Crippen molar-refractivity contribution in [2.45, 2.75) is 38.7 Å². The van der Waals surface area contributed by atoms with Crippen LogP contribution in [0.25, 0.3) is 11.4 Å². The second kappa shape index (κ2) is 7.68. The van der Waals surface area contributed by atoms with Crippen LogP contribution in [0.15, 0.2) is 23.6 Å². The van der Waals surface area contributed by atoms with Gasteiger partial charge in [0.2, 0.25) is 5.82 Å². The van der Waals surface area contributed by atoms with E-state index in [1.807, 2.05) is 18.2 Å². The molecule has 2 aromatic heterocycles. The van der Waals surface area contributed by atoms with Crippen LogP contribution in [-0.2, 0) is 16.1 Å². The van der Waals surface area contributed by atoms with Crippen LogP contribution in [0.5, 0.6) is 0 Å². The van der Waals surface area contributed by atoms with Crippen LogP contribution in [0.3, 0.4) is 0 Å². The predicted octanol–water partition coefficient (Wildman–Crippen LogP) is 3.05. The fraction of sp³-hybridized carbons (Fsp3) is 0.316. The van der Waals surface area contributed by atoms with Gasteiger partial charge in [-0.25, -0.2) is 4.98 Å². The molecule has 0 spiro atoms. The van der Waals surface area contributed by atoms with Gasteiger partial charge < -0.3 is 4.74 Å². The van der Waals surface area contributed by atoms with E-state index in [-0.39, 0.29) is 12.6 Å². The lowest BCUT2D eigenvalue weighted by Crippen LogP contribution is -2.08. The Kier molecular flexibility index (Phi) is 4.94. The third-order valence-corrected chi connectivity index (χ3v) is 5.31. The maximum Gasteiger partial charge on any atom is 0.302 e. The van der Waals surface area contributed by atoms with E-state index in [1.54, 1.807) is 11.3 Å². The topological polar surface area (TPSA) is 93.6 Å². The van der Waals surface area contributed by atoms with Crippen LogP contribution in [0.2, 0.25) is 0 Å². The molecule has 1 aromatic carbocycles. The van der Waals surface area contributed by atoms with E-state index in [4.69, 9.17) is 4.74 Å². The molecule has 7 nitrogen and oxygen atoms in total. The molecule has 27 heavy (non-hydrogen) atoms. The monoisotopic (exact) mass is 379 g/mol. The summed E-state index contributed by atoms with van der Waals surface area (Å²) >= 11 is 1.56. The summed E-state index contributed by atoms with van der Waals surface area (Å²) in [5, 5.41) is 17.0. The van der Waals surface area contributed by atoms with Crippen molar-refractivity contribution in [3.8, 4) is 23.2 Å². The highest BCUT2D eigenvalue weighted by Crippen LogP contribution is 2.36. The maximum atomic E-state index is 11.3. The van der Waals surface area contributed by atoms with Crippen molar-refractivity contribution in [1.29, 1.82) is 0 Å². The van der Waals surface area contributed by atoms with Gasteiger partial charge in [-0.1, -0.05) is 24.5 Å². The van der Waals surface area contributed by atoms with Gasteiger partial charge in [0.1, 0.15) is 6.61 Å². The molecule has 1 aliphatic rings. The zero-order valence-electron chi connectivity index (χ0n) is 14.7. The van der Waals surface area contributed by atoms with Crippen LogP contribution in [0.1, 0.15) is 53.9 Å². The number of carbonyl (C=O) groups is 1. The van der Waals surface area contributed by atoms with E-state index >= 15 is 0 Å². The number of ether oxygens (including phenoxy) is 1. The van der Waals surface area contributed by atoms with Gasteiger partial charge in [-0.2, -0.15) is 5.21 Å². The fourth-order valence-corrected chi connectivity index (χ4v) is 3.62. The molecule has 0 bridgehead atoms. The molecule has 1 fully saturated rings. The molecule has 0 amide bonds. The minimum absolute atomic E-state index is 0.0925. The average molecular weight is 379 g/mol. The number of tetrazole rings is 1. The molecule has 1 aliphatic carbocycles. The highest BCUT2D eigenvalue weighted by atomic mass is 32.1. The molecule has 4 rings (SSSR count). The highest BCUT2D eigenvalue weighted by Gasteiger charge is 2.21. The number of carbonyl (C=O) groups excluding carboxylic acids is 1. The largest absolute Gasteiger partial charge is 0.461 e. The number of nitrogens with zero attached hydrogens (tertiary/aromatic N) is 4. The van der Waals surface area contributed by atoms with Gasteiger partial charge in [0.15, 0.2) is 5.01 Å². The van der Waals surface area contributed by atoms with Crippen LogP contribution in [-0.4, -0.2) is 31.6 Å². The first-order valence-corrected chi connectivity index (χ1v) is 9.55. The molecular formula is C19H17N5O2S. The Labute approximate surface area is 160 Å². The van der Waals surface area contributed by atoms with Crippen molar-refractivity contribution >= 4 is 17.3 Å². The first-order chi connectivity index (χ1) is 13.2. The van der Waals surface area contributed by atoms with Gasteiger partial charge in [-0.3, -0.25) is 4.79 Å². The molecule has 1 saturated carbocycles. The van der Waals surface area contributed by atoms with Gasteiger partial charge >= 0.3 is 5.97 Å². The Morgan fingerprint density at radius 3 is 2.96 bits per heavy atom. The zero-order valence-corrected chi connectivity index (χ0v) is 15.5. The van der Waals surface area contributed by atoms with E-state index in [1.165, 1.54) is 26.2 Å². The quantitative estimate of drug-likeness (QED) is 0.553. The molecule has 136 valence electrons. The SMILES string of the molecule is CC(=O)OCc1c(C#Cc2nc(C3CCC3)cs2)cccc1-c1nn[nH]n1. The number of hydrogen-bond acceptors (Lipinski definition) is 7. The molecule has 2 heterocycles. The third kappa shape index (κ3) is 3.88. The smallest absolute Gasteiger partial charge is 0.302 e. The van der Waals surface area contributed by atoms with Crippen LogP contribution in [0, 0.1) is 11.8 Å². The molecule has 3 aromatic rings. The Morgan fingerprint density at radius 1 is 1.37 bits per heavy atom. The third-order valence-electron chi connectivity index (χ3n) is 4.53. The van der Waals surface area contributed by atoms with E-state index in [9.17, 15) is 4.79 Å². The first-order valence-electron chi connectivity index (χ1n) is 8.67. The summed E-state index contributed by atoms with van der Waals surface area (Å²) in [6, 6.07) is 5.61. The number of nitrogens with one attached hydrogen (secondary N) is 1. The summed E-state index contributed by atoms with van der Waals surface area (Å²) < 4.78 is 5.21. The fourth-order valence-electron chi connectivity index (χ4n) is 2.87. The van der Waals surface area contributed by atoms with Gasteiger partial charge in [0.05, 0.1) is 5.69 Å². The van der Waals surface area contributed by atoms with Gasteiger partial charge in [0, 0.05) is 34.9 Å². The lowest BCUT2D eigenvalue weighted by atomic mass is 9.83. The summed E-state index contributed by atoms with van der Waals surface area (Å²) in [7, 11) is 0. The normalized spacial score (nSPS) is 13.5. The van der Waals surface area contributed by atoms with Gasteiger partial charge in [-0.15, -0.1) is 21.5 Å². The number of H-pyrrole nitrogens is 1. The van der Waals surface area contributed by atoms with Gasteiger partial charge in [0.25, 0.3) is 0 Å². The second-order valence-corrected chi connectivity index (χ2v) is 7.16. The summed E-state index contributed by atoms with van der Waals surface area (Å²) in [4.78, 5) is 15.9. The Hall–Kier alpha value is -3.05. The van der Waals surface area contributed by atoms with Crippen LogP contribution >= 0.6 is 11.3 Å². The zero-order chi connectivity index (χ0) is 18.6. The molecule has 1 N–H and O–H groups in total. The number of rotatable bonds is 4. The Morgan fingerprint density at radius 2 is 2.26 bits per heavy atom. The lowest BCUT2D eigenvalue weighted by Gasteiger charge is -2.22. The van der Waals surface area contributed by atoms with Crippen molar-refractivity contribution in [2.75, 3.05) is 0 Å². The van der Waals surface area contributed by atoms with Crippen LogP contribution in [0.4, 0.5) is 0 Å². The summed E-state index contributed by atoms with van der Waals surface area (Å²) in [6.45, 7) is 1.47. The molecule has 0 aliphatic heterocycles. The molecule has 0 radical (unpaired) electrons. The number of aromatic amines is 1. The lowest BCUT2D eigenvalue weighted by molar-refractivity contribution is -0.142. The molecule has 0 unspecified atom stereocenters. The second-order valence-electron chi connectivity index (χ2n) is 6.30. The average Bonchev–Trinajstić information content (AvgIpc) is 3.29. The van der Waals surface area contributed by atoms with E-state index in [2.05, 4.69) is 42.8 Å². The van der Waals surface area contributed by atoms with Crippen LogP contribution < -0.4 is 0 Å². The highest BCUT2D eigenvalue weighted by molar-refractivity contribution is 7.10. The summed E-state index contributed by atoms with van der Waals surface area (Å²) in [5.74, 6) is 6.97. The van der Waals surface area contributed by atoms with Crippen molar-refractivity contribution in [3.05, 3.63) is 45.4 Å². The van der Waals surface area contributed by atoms with E-state index in [0.717, 1.165) is 27.4 Å². The van der Waals surface area contributed by atoms with Crippen molar-refractivity contribution in [1.82, 2.24) is 25.6 Å². The summed E-state index contributed by atoms with van der Waals surface area (Å²) in [5.41, 5.74) is 3.37. The standard InChI is InChI=1S/C19H17N5O2S/c1-12(25)26-10-16-13(4-3-7-15(16)19-21-23-24-22-19)8-9-18-20-17(11-27-18)14-5-2-6-14/h3-4,7,11,14H,2,5-6,10H2,1H3,(H,21,22,23,24). The first kappa shape index (κ1) is 17.4. The molecule has 8 heteroatoms. The number of aromatic nitrogens is 5. The molecular weight excluding hydrogens is 362 g/mol. The van der Waals surface area contributed by atoms with E-state index < -0.39 is 0 Å². The predicted molar refractivity (Wildman–Crippen MR) is 99.8 cm³/mol. The minimum atomic E-state index is -0.359. The number of hydrogen-bond donors (Lipinski definition) is 1. The minimum Gasteiger partial charge on any atom is -0.461 e. The number of thiazole rings is 1. The number of esters is 1.